The lowest BCUT2D eigenvalue weighted by Gasteiger charge is -2.13. The van der Waals surface area contributed by atoms with Gasteiger partial charge in [0.15, 0.2) is 0 Å². The third-order valence-corrected chi connectivity index (χ3v) is 4.22. The second-order valence-corrected chi connectivity index (χ2v) is 5.24. The number of nitrogens with zero attached hydrogens (tertiary/aromatic N) is 3. The first kappa shape index (κ1) is 13.2. The fourth-order valence-electron chi connectivity index (χ4n) is 2.13. The van der Waals surface area contributed by atoms with Crippen LogP contribution in [0.1, 0.15) is 28.3 Å². The molecule has 0 aliphatic rings. The molecule has 4 nitrogen and oxygen atoms in total. The SMILES string of the molecule is Cc1cc(-n2nc(C)c(Br)c2C)c(CN)c(C)n1. The molecule has 5 heteroatoms. The summed E-state index contributed by atoms with van der Waals surface area (Å²) in [6.07, 6.45) is 0. The Morgan fingerprint density at radius 1 is 1.22 bits per heavy atom. The maximum absolute atomic E-state index is 5.84. The normalized spacial score (nSPS) is 11.0. The Balaban J connectivity index is 2.73. The fourth-order valence-corrected chi connectivity index (χ4v) is 2.38. The number of hydrogen-bond acceptors (Lipinski definition) is 3. The van der Waals surface area contributed by atoms with Crippen molar-refractivity contribution < 1.29 is 0 Å². The first-order valence-electron chi connectivity index (χ1n) is 5.85. The molecule has 0 unspecified atom stereocenters. The van der Waals surface area contributed by atoms with Gasteiger partial charge in [-0.25, -0.2) is 4.68 Å². The molecule has 0 saturated heterocycles. The molecule has 0 radical (unpaired) electrons. The van der Waals surface area contributed by atoms with Gasteiger partial charge in [-0.05, 0) is 49.7 Å². The van der Waals surface area contributed by atoms with Gasteiger partial charge in [-0.3, -0.25) is 4.98 Å². The van der Waals surface area contributed by atoms with Gasteiger partial charge in [0, 0.05) is 23.5 Å². The number of hydrogen-bond donors (Lipinski definition) is 1. The van der Waals surface area contributed by atoms with E-state index >= 15 is 0 Å². The lowest BCUT2D eigenvalue weighted by atomic mass is 10.1. The molecular formula is C13H17BrN4. The van der Waals surface area contributed by atoms with Crippen LogP contribution in [0, 0.1) is 27.7 Å². The van der Waals surface area contributed by atoms with Crippen LogP contribution in [0.15, 0.2) is 10.5 Å². The minimum absolute atomic E-state index is 0.463. The summed E-state index contributed by atoms with van der Waals surface area (Å²) in [5.74, 6) is 0. The van der Waals surface area contributed by atoms with Crippen LogP contribution in [0.4, 0.5) is 0 Å². The van der Waals surface area contributed by atoms with Crippen LogP contribution in [0.2, 0.25) is 0 Å². The van der Waals surface area contributed by atoms with Crippen molar-refractivity contribution in [3.05, 3.63) is 38.9 Å². The lowest BCUT2D eigenvalue weighted by molar-refractivity contribution is 0.806. The molecule has 0 aliphatic carbocycles. The molecule has 2 N–H and O–H groups in total. The summed E-state index contributed by atoms with van der Waals surface area (Å²) in [5, 5.41) is 4.56. The highest BCUT2D eigenvalue weighted by Gasteiger charge is 2.15. The number of aromatic nitrogens is 3. The molecule has 0 bridgehead atoms. The lowest BCUT2D eigenvalue weighted by Crippen LogP contribution is -2.11. The fraction of sp³-hybridized carbons (Fsp3) is 0.385. The van der Waals surface area contributed by atoms with Gasteiger partial charge in [-0.2, -0.15) is 5.10 Å². The van der Waals surface area contributed by atoms with E-state index < -0.39 is 0 Å². The molecule has 0 fully saturated rings. The predicted molar refractivity (Wildman–Crippen MR) is 75.9 cm³/mol. The van der Waals surface area contributed by atoms with Crippen molar-refractivity contribution in [3.63, 3.8) is 0 Å². The van der Waals surface area contributed by atoms with E-state index in [0.717, 1.165) is 38.5 Å². The number of rotatable bonds is 2. The van der Waals surface area contributed by atoms with E-state index in [9.17, 15) is 0 Å². The zero-order valence-corrected chi connectivity index (χ0v) is 12.7. The van der Waals surface area contributed by atoms with Gasteiger partial charge in [0.2, 0.25) is 0 Å². The third kappa shape index (κ3) is 2.08. The van der Waals surface area contributed by atoms with Crippen LogP contribution >= 0.6 is 15.9 Å². The first-order chi connectivity index (χ1) is 8.45. The summed E-state index contributed by atoms with van der Waals surface area (Å²) in [7, 11) is 0. The summed E-state index contributed by atoms with van der Waals surface area (Å²) in [6, 6.07) is 2.03. The van der Waals surface area contributed by atoms with E-state index in [1.54, 1.807) is 0 Å². The Kier molecular flexibility index (Phi) is 3.54. The molecule has 0 aliphatic heterocycles. The van der Waals surface area contributed by atoms with Gasteiger partial charge in [-0.1, -0.05) is 0 Å². The summed E-state index contributed by atoms with van der Waals surface area (Å²) in [5.41, 5.74) is 11.9. The molecule has 0 amide bonds. The quantitative estimate of drug-likeness (QED) is 0.928. The van der Waals surface area contributed by atoms with Crippen molar-refractivity contribution >= 4 is 15.9 Å². The highest BCUT2D eigenvalue weighted by atomic mass is 79.9. The highest BCUT2D eigenvalue weighted by molar-refractivity contribution is 9.10. The largest absolute Gasteiger partial charge is 0.326 e. The molecule has 18 heavy (non-hydrogen) atoms. The standard InChI is InChI=1S/C13H17BrN4/c1-7-5-12(11(6-15)8(2)16-7)18-10(4)13(14)9(3)17-18/h5H,6,15H2,1-4H3. The van der Waals surface area contributed by atoms with Gasteiger partial charge >= 0.3 is 0 Å². The van der Waals surface area contributed by atoms with Crippen LogP contribution < -0.4 is 5.73 Å². The summed E-state index contributed by atoms with van der Waals surface area (Å²) in [6.45, 7) is 8.45. The summed E-state index contributed by atoms with van der Waals surface area (Å²) in [4.78, 5) is 4.46. The minimum Gasteiger partial charge on any atom is -0.326 e. The van der Waals surface area contributed by atoms with Crippen LogP contribution in [-0.4, -0.2) is 14.8 Å². The van der Waals surface area contributed by atoms with E-state index in [1.807, 2.05) is 38.4 Å². The van der Waals surface area contributed by atoms with Gasteiger partial charge in [0.05, 0.1) is 21.5 Å². The highest BCUT2D eigenvalue weighted by Crippen LogP contribution is 2.25. The Bertz CT molecular complexity index is 602. The Morgan fingerprint density at radius 2 is 1.89 bits per heavy atom. The zero-order chi connectivity index (χ0) is 13.4. The molecule has 2 aromatic rings. The van der Waals surface area contributed by atoms with Crippen molar-refractivity contribution in [1.82, 2.24) is 14.8 Å². The Labute approximate surface area is 115 Å². The van der Waals surface area contributed by atoms with Gasteiger partial charge in [-0.15, -0.1) is 0 Å². The maximum Gasteiger partial charge on any atom is 0.0743 e. The second-order valence-electron chi connectivity index (χ2n) is 4.45. The minimum atomic E-state index is 0.463. The van der Waals surface area contributed by atoms with Gasteiger partial charge < -0.3 is 5.73 Å². The van der Waals surface area contributed by atoms with Crippen LogP contribution in [0.25, 0.3) is 5.69 Å². The monoisotopic (exact) mass is 308 g/mol. The third-order valence-electron chi connectivity index (χ3n) is 3.07. The molecule has 0 spiro atoms. The summed E-state index contributed by atoms with van der Waals surface area (Å²) < 4.78 is 2.97. The van der Waals surface area contributed by atoms with Crippen molar-refractivity contribution in [3.8, 4) is 5.69 Å². The summed E-state index contributed by atoms with van der Waals surface area (Å²) >= 11 is 3.55. The first-order valence-corrected chi connectivity index (χ1v) is 6.64. The van der Waals surface area contributed by atoms with E-state index in [2.05, 4.69) is 26.0 Å². The molecule has 0 saturated carbocycles. The number of halogens is 1. The van der Waals surface area contributed by atoms with Crippen molar-refractivity contribution in [1.29, 1.82) is 0 Å². The maximum atomic E-state index is 5.84. The topological polar surface area (TPSA) is 56.7 Å². The molecule has 2 heterocycles. The van der Waals surface area contributed by atoms with Crippen LogP contribution in [-0.2, 0) is 6.54 Å². The molecule has 0 aromatic carbocycles. The zero-order valence-electron chi connectivity index (χ0n) is 11.1. The molecule has 0 atom stereocenters. The average Bonchev–Trinajstić information content (AvgIpc) is 2.56. The number of pyridine rings is 1. The molecule has 2 aromatic heterocycles. The molecular weight excluding hydrogens is 292 g/mol. The molecule has 2 rings (SSSR count). The number of nitrogens with two attached hydrogens (primary N) is 1. The van der Waals surface area contributed by atoms with Crippen molar-refractivity contribution in [2.75, 3.05) is 0 Å². The van der Waals surface area contributed by atoms with Crippen molar-refractivity contribution in [2.24, 2.45) is 5.73 Å². The van der Waals surface area contributed by atoms with E-state index in [-0.39, 0.29) is 0 Å². The number of aryl methyl sites for hydroxylation is 3. The van der Waals surface area contributed by atoms with Crippen LogP contribution in [0.3, 0.4) is 0 Å². The van der Waals surface area contributed by atoms with E-state index in [1.165, 1.54) is 0 Å². The smallest absolute Gasteiger partial charge is 0.0743 e. The second kappa shape index (κ2) is 4.82. The van der Waals surface area contributed by atoms with E-state index in [0.29, 0.717) is 6.54 Å². The van der Waals surface area contributed by atoms with E-state index in [4.69, 9.17) is 5.73 Å². The molecule has 96 valence electrons. The van der Waals surface area contributed by atoms with Gasteiger partial charge in [0.1, 0.15) is 0 Å². The van der Waals surface area contributed by atoms with Gasteiger partial charge in [0.25, 0.3) is 0 Å². The Morgan fingerprint density at radius 3 is 2.39 bits per heavy atom. The van der Waals surface area contributed by atoms with Crippen LogP contribution in [0.5, 0.6) is 0 Å². The predicted octanol–water partition coefficient (Wildman–Crippen LogP) is 2.72. The Hall–Kier alpha value is -1.20. The van der Waals surface area contributed by atoms with Crippen molar-refractivity contribution in [2.45, 2.75) is 34.2 Å². The average molecular weight is 309 g/mol.